The smallest absolute Gasteiger partial charge is 0.410 e. The van der Waals surface area contributed by atoms with E-state index in [0.29, 0.717) is 31.7 Å². The molecule has 182 valence electrons. The van der Waals surface area contributed by atoms with Gasteiger partial charge in [-0.25, -0.2) is 13.6 Å². The van der Waals surface area contributed by atoms with Crippen molar-refractivity contribution in [2.24, 2.45) is 0 Å². The van der Waals surface area contributed by atoms with E-state index >= 15 is 0 Å². The van der Waals surface area contributed by atoms with Crippen LogP contribution in [0.4, 0.5) is 13.6 Å². The van der Waals surface area contributed by atoms with Crippen molar-refractivity contribution in [3.05, 3.63) is 46.2 Å². The van der Waals surface area contributed by atoms with E-state index in [2.05, 4.69) is 15.1 Å². The van der Waals surface area contributed by atoms with Crippen LogP contribution < -0.4 is 0 Å². The number of rotatable bonds is 7. The predicted molar refractivity (Wildman–Crippen MR) is 117 cm³/mol. The van der Waals surface area contributed by atoms with Gasteiger partial charge in [-0.1, -0.05) is 0 Å². The van der Waals surface area contributed by atoms with E-state index in [0.717, 1.165) is 11.1 Å². The SMILES string of the molecule is Cc1c(Cc2nnc([C@H](C)O)o2)cc(C(F)F)cc1CN1CCN(C(=O)OC(C)C)[C@@H](C)C1. The molecule has 0 unspecified atom stereocenters. The van der Waals surface area contributed by atoms with Crippen molar-refractivity contribution in [1.29, 1.82) is 0 Å². The molecule has 1 amide bonds. The second-order valence-electron chi connectivity index (χ2n) is 8.86. The minimum atomic E-state index is -2.61. The molecule has 1 saturated heterocycles. The van der Waals surface area contributed by atoms with Gasteiger partial charge in [-0.3, -0.25) is 4.90 Å². The summed E-state index contributed by atoms with van der Waals surface area (Å²) < 4.78 is 38.0. The molecule has 0 bridgehead atoms. The van der Waals surface area contributed by atoms with Crippen LogP contribution in [-0.4, -0.2) is 63.0 Å². The largest absolute Gasteiger partial charge is 0.447 e. The van der Waals surface area contributed by atoms with Crippen molar-refractivity contribution >= 4 is 6.09 Å². The maximum absolute atomic E-state index is 13.6. The number of nitrogens with zero attached hydrogens (tertiary/aromatic N) is 4. The van der Waals surface area contributed by atoms with Gasteiger partial charge in [0.1, 0.15) is 6.10 Å². The van der Waals surface area contributed by atoms with E-state index in [9.17, 15) is 18.7 Å². The molecule has 1 aromatic heterocycles. The molecular weight excluding hydrogens is 434 g/mol. The van der Waals surface area contributed by atoms with Crippen molar-refractivity contribution in [2.75, 3.05) is 19.6 Å². The van der Waals surface area contributed by atoms with Gasteiger partial charge in [0.25, 0.3) is 6.43 Å². The molecule has 33 heavy (non-hydrogen) atoms. The highest BCUT2D eigenvalue weighted by Gasteiger charge is 2.29. The Bertz CT molecular complexity index is 964. The lowest BCUT2D eigenvalue weighted by atomic mass is 9.96. The molecule has 1 aromatic carbocycles. The zero-order chi connectivity index (χ0) is 24.3. The Balaban J connectivity index is 1.76. The third kappa shape index (κ3) is 6.26. The Morgan fingerprint density at radius 3 is 2.52 bits per heavy atom. The van der Waals surface area contributed by atoms with E-state index in [1.165, 1.54) is 13.0 Å². The van der Waals surface area contributed by atoms with Crippen molar-refractivity contribution in [3.8, 4) is 0 Å². The third-order valence-electron chi connectivity index (χ3n) is 5.76. The fourth-order valence-electron chi connectivity index (χ4n) is 3.97. The normalized spacial score (nSPS) is 18.2. The average molecular weight is 467 g/mol. The van der Waals surface area contributed by atoms with E-state index in [1.807, 2.05) is 27.7 Å². The van der Waals surface area contributed by atoms with Crippen LogP contribution in [0.1, 0.15) is 74.3 Å². The molecule has 10 heteroatoms. The number of amides is 1. The molecule has 0 spiro atoms. The summed E-state index contributed by atoms with van der Waals surface area (Å²) in [5, 5.41) is 17.3. The Labute approximate surface area is 192 Å². The van der Waals surface area contributed by atoms with Gasteiger partial charge in [0.05, 0.1) is 12.5 Å². The third-order valence-corrected chi connectivity index (χ3v) is 5.76. The number of piperazine rings is 1. The summed E-state index contributed by atoms with van der Waals surface area (Å²) >= 11 is 0. The lowest BCUT2D eigenvalue weighted by molar-refractivity contribution is 0.0348. The van der Waals surface area contributed by atoms with Crippen LogP contribution >= 0.6 is 0 Å². The molecule has 1 aliphatic heterocycles. The summed E-state index contributed by atoms with van der Waals surface area (Å²) in [6.07, 6.45) is -3.82. The maximum atomic E-state index is 13.6. The maximum Gasteiger partial charge on any atom is 0.410 e. The first kappa shape index (κ1) is 25.0. The van der Waals surface area contributed by atoms with Gasteiger partial charge < -0.3 is 19.2 Å². The molecule has 2 heterocycles. The van der Waals surface area contributed by atoms with Crippen LogP contribution in [0.5, 0.6) is 0 Å². The van der Waals surface area contributed by atoms with E-state index < -0.39 is 12.5 Å². The highest BCUT2D eigenvalue weighted by Crippen LogP contribution is 2.28. The number of carbonyl (C=O) groups excluding carboxylic acids is 1. The van der Waals surface area contributed by atoms with Crippen LogP contribution in [0.2, 0.25) is 0 Å². The number of aliphatic hydroxyl groups is 1. The van der Waals surface area contributed by atoms with E-state index in [4.69, 9.17) is 9.15 Å². The molecule has 2 aromatic rings. The van der Waals surface area contributed by atoms with Crippen molar-refractivity contribution in [1.82, 2.24) is 20.0 Å². The van der Waals surface area contributed by atoms with Gasteiger partial charge in [0.15, 0.2) is 0 Å². The topological polar surface area (TPSA) is 91.9 Å². The van der Waals surface area contributed by atoms with Gasteiger partial charge in [0, 0.05) is 37.8 Å². The highest BCUT2D eigenvalue weighted by atomic mass is 19.3. The number of alkyl halides is 2. The summed E-state index contributed by atoms with van der Waals surface area (Å²) in [4.78, 5) is 16.2. The number of halogens is 2. The monoisotopic (exact) mass is 466 g/mol. The molecule has 2 atom stereocenters. The first-order valence-electron chi connectivity index (χ1n) is 11.2. The quantitative estimate of drug-likeness (QED) is 0.659. The van der Waals surface area contributed by atoms with Gasteiger partial charge in [0.2, 0.25) is 11.8 Å². The van der Waals surface area contributed by atoms with E-state index in [1.54, 1.807) is 11.0 Å². The van der Waals surface area contributed by atoms with Gasteiger partial charge in [-0.2, -0.15) is 0 Å². The van der Waals surface area contributed by atoms with Crippen LogP contribution in [0.25, 0.3) is 0 Å². The lowest BCUT2D eigenvalue weighted by Crippen LogP contribution is -2.54. The van der Waals surface area contributed by atoms with Crippen molar-refractivity contribution in [3.63, 3.8) is 0 Å². The number of ether oxygens (including phenoxy) is 1. The Hall–Kier alpha value is -2.59. The number of hydrogen-bond acceptors (Lipinski definition) is 7. The average Bonchev–Trinajstić information content (AvgIpc) is 3.19. The standard InChI is InChI=1S/C23H32F2N4O4/c1-13(2)32-23(31)29-7-6-28(11-14(29)3)12-19-9-18(21(24)25)8-17(15(19)4)10-20-26-27-22(33-20)16(5)30/h8-9,13-14,16,21,30H,6-7,10-12H2,1-5H3/t14-,16-/m0/s1. The summed E-state index contributed by atoms with van der Waals surface area (Å²) in [5.41, 5.74) is 2.29. The molecule has 0 saturated carbocycles. The summed E-state index contributed by atoms with van der Waals surface area (Å²) in [7, 11) is 0. The predicted octanol–water partition coefficient (Wildman–Crippen LogP) is 4.01. The minimum Gasteiger partial charge on any atom is -0.447 e. The summed E-state index contributed by atoms with van der Waals surface area (Å²) in [5.74, 6) is 0.355. The fraction of sp³-hybridized carbons (Fsp3) is 0.609. The van der Waals surface area contributed by atoms with Crippen LogP contribution in [-0.2, 0) is 17.7 Å². The fourth-order valence-corrected chi connectivity index (χ4v) is 3.97. The Kier molecular flexibility index (Phi) is 8.01. The van der Waals surface area contributed by atoms with Gasteiger partial charge >= 0.3 is 6.09 Å². The first-order chi connectivity index (χ1) is 15.5. The second-order valence-corrected chi connectivity index (χ2v) is 8.86. The van der Waals surface area contributed by atoms with Gasteiger partial charge in [-0.15, -0.1) is 10.2 Å². The molecule has 1 N–H and O–H groups in total. The number of hydrogen-bond donors (Lipinski definition) is 1. The van der Waals surface area contributed by atoms with Crippen LogP contribution in [0.15, 0.2) is 16.5 Å². The zero-order valence-electron chi connectivity index (χ0n) is 19.7. The van der Waals surface area contributed by atoms with Crippen LogP contribution in [0.3, 0.4) is 0 Å². The number of benzene rings is 1. The van der Waals surface area contributed by atoms with Crippen molar-refractivity contribution in [2.45, 2.75) is 72.3 Å². The number of aromatic nitrogens is 2. The van der Waals surface area contributed by atoms with Crippen molar-refractivity contribution < 1.29 is 27.8 Å². The molecule has 1 fully saturated rings. The molecule has 0 aliphatic carbocycles. The van der Waals surface area contributed by atoms with Crippen LogP contribution in [0, 0.1) is 6.92 Å². The summed E-state index contributed by atoms with van der Waals surface area (Å²) in [6.45, 7) is 11.2. The number of carbonyl (C=O) groups is 1. The zero-order valence-corrected chi connectivity index (χ0v) is 19.7. The number of aliphatic hydroxyl groups excluding tert-OH is 1. The highest BCUT2D eigenvalue weighted by molar-refractivity contribution is 5.68. The second kappa shape index (κ2) is 10.6. The first-order valence-corrected chi connectivity index (χ1v) is 11.2. The Morgan fingerprint density at radius 1 is 1.24 bits per heavy atom. The lowest BCUT2D eigenvalue weighted by Gasteiger charge is -2.39. The molecule has 1 aliphatic rings. The molecule has 8 nitrogen and oxygen atoms in total. The summed E-state index contributed by atoms with van der Waals surface area (Å²) in [6, 6.07) is 2.96. The van der Waals surface area contributed by atoms with Gasteiger partial charge in [-0.05, 0) is 63.4 Å². The minimum absolute atomic E-state index is 0.0552. The molecule has 0 radical (unpaired) electrons. The Morgan fingerprint density at radius 2 is 1.94 bits per heavy atom. The molecule has 3 rings (SSSR count). The van der Waals surface area contributed by atoms with E-state index in [-0.39, 0.29) is 42.0 Å². The molecular formula is C23H32F2N4O4.